The number of methoxy groups -OCH3 is 1. The van der Waals surface area contributed by atoms with E-state index in [0.29, 0.717) is 6.54 Å². The third kappa shape index (κ3) is 5.87. The molecule has 0 heterocycles. The van der Waals surface area contributed by atoms with Gasteiger partial charge in [-0.15, -0.1) is 0 Å². The molecular weight excluding hydrogens is 188 g/mol. The average molecular weight is 206 g/mol. The molecule has 0 fully saturated rings. The van der Waals surface area contributed by atoms with Crippen LogP contribution in [0.15, 0.2) is 0 Å². The first kappa shape index (κ1) is 13.3. The minimum Gasteiger partial charge on any atom is -0.469 e. The Morgan fingerprint density at radius 3 is 2.64 bits per heavy atom. The summed E-state index contributed by atoms with van der Waals surface area (Å²) in [5.41, 5.74) is 5.14. The van der Waals surface area contributed by atoms with Crippen LogP contribution in [0.25, 0.3) is 0 Å². The van der Waals surface area contributed by atoms with E-state index in [0.717, 1.165) is 0 Å². The van der Waals surface area contributed by atoms with Crippen LogP contribution in [-0.4, -0.2) is 55.1 Å². The van der Waals surface area contributed by atoms with Gasteiger partial charge in [-0.2, -0.15) is 0 Å². The Labute approximate surface area is 83.0 Å². The van der Waals surface area contributed by atoms with Crippen LogP contribution in [0.4, 0.5) is 0 Å². The first-order valence-corrected chi connectivity index (χ1v) is 4.45. The van der Waals surface area contributed by atoms with Crippen molar-refractivity contribution in [2.24, 2.45) is 5.73 Å². The van der Waals surface area contributed by atoms with Crippen molar-refractivity contribution in [1.29, 1.82) is 0 Å². The quantitative estimate of drug-likeness (QED) is 0.279. The average Bonchev–Trinajstić information content (AvgIpc) is 2.22. The number of aliphatic hydroxyl groups is 2. The molecule has 2 atom stereocenters. The lowest BCUT2D eigenvalue weighted by molar-refractivity contribution is -0.140. The van der Waals surface area contributed by atoms with Gasteiger partial charge in [-0.25, -0.2) is 0 Å². The molecule has 5 N–H and O–H groups in total. The van der Waals surface area contributed by atoms with E-state index in [9.17, 15) is 9.90 Å². The van der Waals surface area contributed by atoms with Crippen LogP contribution in [-0.2, 0) is 9.53 Å². The van der Waals surface area contributed by atoms with Crippen LogP contribution in [0.5, 0.6) is 0 Å². The fourth-order valence-corrected chi connectivity index (χ4v) is 0.836. The predicted octanol–water partition coefficient (Wildman–Crippen LogP) is -2.18. The van der Waals surface area contributed by atoms with Gasteiger partial charge < -0.3 is 26.0 Å². The lowest BCUT2D eigenvalue weighted by atomic mass is 10.2. The number of nitrogens with one attached hydrogen (secondary N) is 1. The summed E-state index contributed by atoms with van der Waals surface area (Å²) in [6.45, 7) is 0.621. The fraction of sp³-hybridized carbons (Fsp3) is 0.875. The summed E-state index contributed by atoms with van der Waals surface area (Å²) >= 11 is 0. The van der Waals surface area contributed by atoms with Crippen LogP contribution in [0.3, 0.4) is 0 Å². The van der Waals surface area contributed by atoms with E-state index in [1.807, 2.05) is 0 Å². The van der Waals surface area contributed by atoms with Gasteiger partial charge in [0.2, 0.25) is 0 Å². The van der Waals surface area contributed by atoms with Crippen molar-refractivity contribution in [3.8, 4) is 0 Å². The normalized spacial score (nSPS) is 14.9. The van der Waals surface area contributed by atoms with Crippen LogP contribution < -0.4 is 11.1 Å². The molecule has 0 spiro atoms. The van der Waals surface area contributed by atoms with Crippen molar-refractivity contribution in [1.82, 2.24) is 5.32 Å². The van der Waals surface area contributed by atoms with Crippen molar-refractivity contribution >= 4 is 5.97 Å². The summed E-state index contributed by atoms with van der Waals surface area (Å²) in [5, 5.41) is 21.1. The van der Waals surface area contributed by atoms with Crippen LogP contribution in [0, 0.1) is 0 Å². The Bertz CT molecular complexity index is 165. The molecule has 84 valence electrons. The fourth-order valence-electron chi connectivity index (χ4n) is 0.836. The van der Waals surface area contributed by atoms with Gasteiger partial charge in [-0.3, -0.25) is 4.79 Å². The number of hydrogen-bond acceptors (Lipinski definition) is 6. The molecule has 0 aromatic heterocycles. The Balaban J connectivity index is 3.40. The molecule has 0 bridgehead atoms. The summed E-state index contributed by atoms with van der Waals surface area (Å²) in [5.74, 6) is -0.314. The summed E-state index contributed by atoms with van der Waals surface area (Å²) < 4.78 is 4.42. The van der Waals surface area contributed by atoms with E-state index in [1.54, 1.807) is 0 Å². The molecule has 0 aliphatic rings. The zero-order valence-electron chi connectivity index (χ0n) is 8.27. The maximum Gasteiger partial charge on any atom is 0.306 e. The summed E-state index contributed by atoms with van der Waals surface area (Å²) in [4.78, 5) is 10.7. The zero-order valence-corrected chi connectivity index (χ0v) is 8.27. The highest BCUT2D eigenvalue weighted by molar-refractivity contribution is 5.69. The van der Waals surface area contributed by atoms with E-state index in [1.165, 1.54) is 7.11 Å². The van der Waals surface area contributed by atoms with Crippen molar-refractivity contribution in [2.45, 2.75) is 18.6 Å². The molecule has 6 nitrogen and oxygen atoms in total. The Morgan fingerprint density at radius 1 is 1.50 bits per heavy atom. The third-order valence-corrected chi connectivity index (χ3v) is 1.77. The Kier molecular flexibility index (Phi) is 7.31. The summed E-state index contributed by atoms with van der Waals surface area (Å²) in [6.07, 6.45) is -1.60. The lowest BCUT2D eigenvalue weighted by Gasteiger charge is -2.16. The first-order chi connectivity index (χ1) is 6.61. The monoisotopic (exact) mass is 206 g/mol. The standard InChI is InChI=1S/C8H18N2O4/c1-14-8(13)2-3-10-5-7(12)6(11)4-9/h6-7,10-12H,2-5,9H2,1H3. The maximum atomic E-state index is 10.7. The predicted molar refractivity (Wildman–Crippen MR) is 50.6 cm³/mol. The lowest BCUT2D eigenvalue weighted by Crippen LogP contribution is -2.40. The topological polar surface area (TPSA) is 105 Å². The molecule has 0 aliphatic heterocycles. The number of carbonyl (C=O) groups excluding carboxylic acids is 1. The molecule has 0 rings (SSSR count). The van der Waals surface area contributed by atoms with Crippen molar-refractivity contribution in [3.05, 3.63) is 0 Å². The minimum absolute atomic E-state index is 0.0137. The smallest absolute Gasteiger partial charge is 0.306 e. The van der Waals surface area contributed by atoms with Crippen LogP contribution in [0.1, 0.15) is 6.42 Å². The van der Waals surface area contributed by atoms with Gasteiger partial charge in [0, 0.05) is 19.6 Å². The molecule has 6 heteroatoms. The minimum atomic E-state index is -0.930. The highest BCUT2D eigenvalue weighted by Gasteiger charge is 2.13. The van der Waals surface area contributed by atoms with Gasteiger partial charge in [0.1, 0.15) is 0 Å². The number of carbonyl (C=O) groups is 1. The molecule has 0 aromatic carbocycles. The van der Waals surface area contributed by atoms with Gasteiger partial charge in [0.25, 0.3) is 0 Å². The van der Waals surface area contributed by atoms with Gasteiger partial charge in [-0.05, 0) is 0 Å². The molecule has 0 amide bonds. The third-order valence-electron chi connectivity index (χ3n) is 1.77. The van der Waals surface area contributed by atoms with Gasteiger partial charge in [0.15, 0.2) is 0 Å². The molecule has 0 radical (unpaired) electrons. The number of aliphatic hydroxyl groups excluding tert-OH is 2. The SMILES string of the molecule is COC(=O)CCNCC(O)C(O)CN. The molecule has 0 saturated carbocycles. The second-order valence-electron chi connectivity index (χ2n) is 2.90. The van der Waals surface area contributed by atoms with Gasteiger partial charge >= 0.3 is 5.97 Å². The first-order valence-electron chi connectivity index (χ1n) is 4.45. The second-order valence-corrected chi connectivity index (χ2v) is 2.90. The number of ether oxygens (including phenoxy) is 1. The largest absolute Gasteiger partial charge is 0.469 e. The molecule has 0 saturated heterocycles. The maximum absolute atomic E-state index is 10.7. The van der Waals surface area contributed by atoms with E-state index in [-0.39, 0.29) is 25.5 Å². The second kappa shape index (κ2) is 7.69. The van der Waals surface area contributed by atoms with E-state index >= 15 is 0 Å². The van der Waals surface area contributed by atoms with Crippen molar-refractivity contribution in [3.63, 3.8) is 0 Å². The number of hydrogen-bond donors (Lipinski definition) is 4. The zero-order chi connectivity index (χ0) is 11.0. The number of nitrogens with two attached hydrogens (primary N) is 1. The number of esters is 1. The van der Waals surface area contributed by atoms with Gasteiger partial charge in [0.05, 0.1) is 25.7 Å². The van der Waals surface area contributed by atoms with Crippen molar-refractivity contribution in [2.75, 3.05) is 26.7 Å². The summed E-state index contributed by atoms with van der Waals surface area (Å²) in [7, 11) is 1.31. The Morgan fingerprint density at radius 2 is 2.14 bits per heavy atom. The van der Waals surface area contributed by atoms with Crippen LogP contribution >= 0.6 is 0 Å². The highest BCUT2D eigenvalue weighted by Crippen LogP contribution is 1.89. The van der Waals surface area contributed by atoms with Crippen LogP contribution in [0.2, 0.25) is 0 Å². The Hall–Kier alpha value is -0.690. The molecule has 0 aliphatic carbocycles. The van der Waals surface area contributed by atoms with E-state index in [2.05, 4.69) is 10.1 Å². The molecular formula is C8H18N2O4. The number of rotatable bonds is 7. The molecule has 14 heavy (non-hydrogen) atoms. The van der Waals surface area contributed by atoms with Crippen molar-refractivity contribution < 1.29 is 19.7 Å². The van der Waals surface area contributed by atoms with Gasteiger partial charge in [-0.1, -0.05) is 0 Å². The highest BCUT2D eigenvalue weighted by atomic mass is 16.5. The van der Waals surface area contributed by atoms with E-state index in [4.69, 9.17) is 10.8 Å². The molecule has 0 aromatic rings. The van der Waals surface area contributed by atoms with E-state index < -0.39 is 12.2 Å². The molecule has 2 unspecified atom stereocenters. The summed E-state index contributed by atoms with van der Waals surface area (Å²) in [6, 6.07) is 0.